The van der Waals surface area contributed by atoms with Gasteiger partial charge in [-0.15, -0.1) is 0 Å². The van der Waals surface area contributed by atoms with Crippen LogP contribution in [0, 0.1) is 0 Å². The molecule has 0 aliphatic rings. The number of ether oxygens (including phenoxy) is 1. The molecule has 26 heavy (non-hydrogen) atoms. The average Bonchev–Trinajstić information content (AvgIpc) is 2.68. The van der Waals surface area contributed by atoms with Gasteiger partial charge in [-0.1, -0.05) is 41.9 Å². The van der Waals surface area contributed by atoms with E-state index >= 15 is 0 Å². The summed E-state index contributed by atoms with van der Waals surface area (Å²) >= 11 is 5.89. The molecule has 1 heterocycles. The molecule has 4 nitrogen and oxygen atoms in total. The van der Waals surface area contributed by atoms with Crippen molar-refractivity contribution in [3.05, 3.63) is 94.8 Å². The van der Waals surface area contributed by atoms with Gasteiger partial charge in [0, 0.05) is 29.9 Å². The smallest absolute Gasteiger partial charge is 0.255 e. The van der Waals surface area contributed by atoms with E-state index < -0.39 is 0 Å². The molecule has 5 heteroatoms. The van der Waals surface area contributed by atoms with Crippen molar-refractivity contribution in [2.24, 2.45) is 0 Å². The zero-order chi connectivity index (χ0) is 18.2. The second kappa shape index (κ2) is 9.02. The molecule has 0 saturated carbocycles. The Hall–Kier alpha value is -2.85. The first-order valence-corrected chi connectivity index (χ1v) is 8.74. The molecule has 0 bridgehead atoms. The van der Waals surface area contributed by atoms with Gasteiger partial charge in [0.1, 0.15) is 12.4 Å². The number of aromatic nitrogens is 1. The monoisotopic (exact) mass is 366 g/mol. The molecular formula is C21H19ClN2O2. The minimum atomic E-state index is -0.160. The Kier molecular flexibility index (Phi) is 6.23. The summed E-state index contributed by atoms with van der Waals surface area (Å²) in [5.74, 6) is 0.394. The number of rotatable bonds is 7. The summed E-state index contributed by atoms with van der Waals surface area (Å²) in [5.41, 5.74) is 2.45. The molecule has 1 N–H and O–H groups in total. The van der Waals surface area contributed by atoms with Crippen LogP contribution in [0.1, 0.15) is 21.6 Å². The summed E-state index contributed by atoms with van der Waals surface area (Å²) in [4.78, 5) is 16.7. The zero-order valence-electron chi connectivity index (χ0n) is 14.2. The molecule has 0 saturated heterocycles. The van der Waals surface area contributed by atoms with Crippen molar-refractivity contribution >= 4 is 17.5 Å². The number of carbonyl (C=O) groups is 1. The molecule has 0 fully saturated rings. The summed E-state index contributed by atoms with van der Waals surface area (Å²) in [7, 11) is 0. The van der Waals surface area contributed by atoms with E-state index in [0.29, 0.717) is 35.9 Å². The normalized spacial score (nSPS) is 10.3. The Balaban J connectivity index is 1.58. The van der Waals surface area contributed by atoms with Crippen molar-refractivity contribution in [2.45, 2.75) is 13.0 Å². The third kappa shape index (κ3) is 5.07. The first-order valence-electron chi connectivity index (χ1n) is 8.37. The van der Waals surface area contributed by atoms with Gasteiger partial charge in [-0.3, -0.25) is 9.78 Å². The molecule has 3 aromatic rings. The maximum atomic E-state index is 12.5. The minimum Gasteiger partial charge on any atom is -0.488 e. The van der Waals surface area contributed by atoms with E-state index in [9.17, 15) is 4.79 Å². The molecule has 0 aliphatic heterocycles. The van der Waals surface area contributed by atoms with Crippen molar-refractivity contribution in [1.82, 2.24) is 10.3 Å². The summed E-state index contributed by atoms with van der Waals surface area (Å²) in [6, 6.07) is 20.4. The first-order chi connectivity index (χ1) is 12.7. The van der Waals surface area contributed by atoms with Crippen LogP contribution in [0.3, 0.4) is 0 Å². The Morgan fingerprint density at radius 2 is 1.77 bits per heavy atom. The van der Waals surface area contributed by atoms with Gasteiger partial charge in [-0.2, -0.15) is 0 Å². The predicted octanol–water partition coefficient (Wildman–Crippen LogP) is 4.29. The number of pyridine rings is 1. The van der Waals surface area contributed by atoms with Crippen LogP contribution in [0.15, 0.2) is 72.9 Å². The van der Waals surface area contributed by atoms with Crippen LogP contribution in [0.2, 0.25) is 5.02 Å². The predicted molar refractivity (Wildman–Crippen MR) is 103 cm³/mol. The van der Waals surface area contributed by atoms with Gasteiger partial charge in [-0.25, -0.2) is 0 Å². The molecule has 0 unspecified atom stereocenters. The van der Waals surface area contributed by atoms with Crippen LogP contribution in [-0.2, 0) is 13.0 Å². The second-order valence-corrected chi connectivity index (χ2v) is 6.17. The fourth-order valence-electron chi connectivity index (χ4n) is 2.47. The van der Waals surface area contributed by atoms with Crippen molar-refractivity contribution < 1.29 is 9.53 Å². The number of hydrogen-bond donors (Lipinski definition) is 1. The van der Waals surface area contributed by atoms with E-state index in [1.165, 1.54) is 0 Å². The van der Waals surface area contributed by atoms with E-state index in [0.717, 1.165) is 11.3 Å². The van der Waals surface area contributed by atoms with Crippen molar-refractivity contribution in [3.8, 4) is 5.75 Å². The van der Waals surface area contributed by atoms with Crippen LogP contribution in [0.25, 0.3) is 0 Å². The third-order valence-corrected chi connectivity index (χ3v) is 4.08. The van der Waals surface area contributed by atoms with Crippen molar-refractivity contribution in [3.63, 3.8) is 0 Å². The second-order valence-electron chi connectivity index (χ2n) is 5.74. The van der Waals surface area contributed by atoms with E-state index in [2.05, 4.69) is 10.3 Å². The van der Waals surface area contributed by atoms with Crippen LogP contribution < -0.4 is 10.1 Å². The summed E-state index contributed by atoms with van der Waals surface area (Å²) < 4.78 is 5.83. The third-order valence-electron chi connectivity index (χ3n) is 3.83. The summed E-state index contributed by atoms with van der Waals surface area (Å²) in [6.07, 6.45) is 2.43. The minimum absolute atomic E-state index is 0.160. The highest BCUT2D eigenvalue weighted by Crippen LogP contribution is 2.20. The number of carbonyl (C=O) groups excluding carboxylic acids is 1. The topological polar surface area (TPSA) is 51.2 Å². The fourth-order valence-corrected chi connectivity index (χ4v) is 2.59. The van der Waals surface area contributed by atoms with E-state index in [-0.39, 0.29) is 5.91 Å². The largest absolute Gasteiger partial charge is 0.488 e. The van der Waals surface area contributed by atoms with Gasteiger partial charge in [0.15, 0.2) is 0 Å². The molecule has 1 aromatic heterocycles. The van der Waals surface area contributed by atoms with Crippen LogP contribution in [-0.4, -0.2) is 17.4 Å². The maximum Gasteiger partial charge on any atom is 0.255 e. The molecule has 2 aromatic carbocycles. The SMILES string of the molecule is O=C(NCCc1ccccn1)c1ccccc1OCc1ccc(Cl)cc1. The van der Waals surface area contributed by atoms with E-state index in [1.54, 1.807) is 18.3 Å². The number of hydrogen-bond acceptors (Lipinski definition) is 3. The van der Waals surface area contributed by atoms with E-state index in [4.69, 9.17) is 16.3 Å². The molecule has 0 spiro atoms. The highest BCUT2D eigenvalue weighted by atomic mass is 35.5. The summed E-state index contributed by atoms with van der Waals surface area (Å²) in [6.45, 7) is 0.886. The fraction of sp³-hybridized carbons (Fsp3) is 0.143. The number of amides is 1. The van der Waals surface area contributed by atoms with Crippen molar-refractivity contribution in [2.75, 3.05) is 6.54 Å². The molecule has 132 valence electrons. The lowest BCUT2D eigenvalue weighted by Gasteiger charge is -2.12. The Morgan fingerprint density at radius 1 is 1.00 bits per heavy atom. The number of benzene rings is 2. The van der Waals surface area contributed by atoms with Crippen LogP contribution in [0.5, 0.6) is 5.75 Å². The first kappa shape index (κ1) is 18.0. The lowest BCUT2D eigenvalue weighted by Crippen LogP contribution is -2.26. The standard InChI is InChI=1S/C21H19ClN2O2/c22-17-10-8-16(9-11-17)15-26-20-7-2-1-6-19(20)21(25)24-14-12-18-5-3-4-13-23-18/h1-11,13H,12,14-15H2,(H,24,25). The van der Waals surface area contributed by atoms with Gasteiger partial charge < -0.3 is 10.1 Å². The van der Waals surface area contributed by atoms with Crippen molar-refractivity contribution in [1.29, 1.82) is 0 Å². The van der Waals surface area contributed by atoms with Gasteiger partial charge in [0.25, 0.3) is 5.91 Å². The molecular weight excluding hydrogens is 348 g/mol. The number of nitrogens with zero attached hydrogens (tertiary/aromatic N) is 1. The van der Waals surface area contributed by atoms with Gasteiger partial charge in [0.2, 0.25) is 0 Å². The highest BCUT2D eigenvalue weighted by Gasteiger charge is 2.12. The van der Waals surface area contributed by atoms with Gasteiger partial charge in [0.05, 0.1) is 5.56 Å². The molecule has 0 radical (unpaired) electrons. The quantitative estimate of drug-likeness (QED) is 0.678. The molecule has 3 rings (SSSR count). The summed E-state index contributed by atoms with van der Waals surface area (Å²) in [5, 5.41) is 3.60. The molecule has 0 atom stereocenters. The lowest BCUT2D eigenvalue weighted by molar-refractivity contribution is 0.0949. The van der Waals surface area contributed by atoms with Gasteiger partial charge in [-0.05, 0) is 42.0 Å². The lowest BCUT2D eigenvalue weighted by atomic mass is 10.1. The number of para-hydroxylation sites is 1. The molecule has 1 amide bonds. The maximum absolute atomic E-state index is 12.5. The average molecular weight is 367 g/mol. The highest BCUT2D eigenvalue weighted by molar-refractivity contribution is 6.30. The Morgan fingerprint density at radius 3 is 2.54 bits per heavy atom. The molecule has 0 aliphatic carbocycles. The number of nitrogens with one attached hydrogen (secondary N) is 1. The van der Waals surface area contributed by atoms with Gasteiger partial charge >= 0.3 is 0 Å². The Bertz CT molecular complexity index is 851. The van der Waals surface area contributed by atoms with Crippen LogP contribution in [0.4, 0.5) is 0 Å². The van der Waals surface area contributed by atoms with E-state index in [1.807, 2.05) is 54.6 Å². The van der Waals surface area contributed by atoms with Crippen LogP contribution >= 0.6 is 11.6 Å². The Labute approximate surface area is 157 Å². The zero-order valence-corrected chi connectivity index (χ0v) is 14.9. The number of halogens is 1.